The van der Waals surface area contributed by atoms with E-state index in [1.54, 1.807) is 0 Å². The number of benzene rings is 3. The summed E-state index contributed by atoms with van der Waals surface area (Å²) >= 11 is 3.01. The zero-order chi connectivity index (χ0) is 35.0. The van der Waals surface area contributed by atoms with Crippen molar-refractivity contribution in [2.45, 2.75) is 45.4 Å². The fraction of sp³-hybridized carbons (Fsp3) is 0.171. The van der Waals surface area contributed by atoms with E-state index in [0.29, 0.717) is 11.4 Å². The highest BCUT2D eigenvalue weighted by molar-refractivity contribution is 7.89. The van der Waals surface area contributed by atoms with Crippen LogP contribution in [0.4, 0.5) is 27.1 Å². The topological polar surface area (TPSA) is 65.3 Å². The van der Waals surface area contributed by atoms with E-state index < -0.39 is 10.2 Å². The van der Waals surface area contributed by atoms with Gasteiger partial charge in [-0.25, -0.2) is 0 Å². The fourth-order valence-corrected chi connectivity index (χ4v) is 10.6. The molecule has 6 nitrogen and oxygen atoms in total. The van der Waals surface area contributed by atoms with E-state index in [2.05, 4.69) is 132 Å². The molecule has 0 saturated heterocycles. The van der Waals surface area contributed by atoms with E-state index in [-0.39, 0.29) is 10.8 Å². The standard InChI is InChI=1S/C41H36N4O2S3/c1-7-15-30-26(8-2)40(3,4)27-16-9-12-19-31(27)44(30)36-24-22-34(48-36)38-39(43-50(46,47)42-38)35-23-25-37(49-35)45-32-20-13-10-17-28(32)41(5,6)29-18-11-14-21-33(29)45/h7-25H,2H2,1,3-6H3/b15-7-. The second-order valence-electron chi connectivity index (χ2n) is 13.6. The number of hydrogen-bond acceptors (Lipinski definition) is 6. The highest BCUT2D eigenvalue weighted by Crippen LogP contribution is 2.53. The molecule has 50 heavy (non-hydrogen) atoms. The van der Waals surface area contributed by atoms with Crippen LogP contribution in [0.15, 0.2) is 142 Å². The number of nitrogens with zero attached hydrogens (tertiary/aromatic N) is 4. The van der Waals surface area contributed by atoms with E-state index in [4.69, 9.17) is 0 Å². The van der Waals surface area contributed by atoms with Crippen LogP contribution >= 0.6 is 22.7 Å². The first kappa shape index (κ1) is 32.4. The van der Waals surface area contributed by atoms with Gasteiger partial charge in [0, 0.05) is 10.8 Å². The van der Waals surface area contributed by atoms with Gasteiger partial charge in [0.1, 0.15) is 21.4 Å². The quantitative estimate of drug-likeness (QED) is 0.176. The van der Waals surface area contributed by atoms with Crippen LogP contribution in [0.25, 0.3) is 0 Å². The van der Waals surface area contributed by atoms with Crippen molar-refractivity contribution < 1.29 is 8.42 Å². The van der Waals surface area contributed by atoms with Crippen molar-refractivity contribution >= 4 is 71.4 Å². The van der Waals surface area contributed by atoms with E-state index in [0.717, 1.165) is 48.1 Å². The first-order valence-corrected chi connectivity index (χ1v) is 19.5. The molecule has 3 aliphatic heterocycles. The zero-order valence-corrected chi connectivity index (χ0v) is 31.0. The van der Waals surface area contributed by atoms with Gasteiger partial charge in [-0.3, -0.25) is 0 Å². The summed E-state index contributed by atoms with van der Waals surface area (Å²) in [6.45, 7) is 15.2. The van der Waals surface area contributed by atoms with Gasteiger partial charge in [-0.1, -0.05) is 101 Å². The highest BCUT2D eigenvalue weighted by atomic mass is 32.2. The second kappa shape index (κ2) is 11.6. The van der Waals surface area contributed by atoms with Crippen LogP contribution in [0.1, 0.15) is 61.1 Å². The lowest BCUT2D eigenvalue weighted by atomic mass is 9.73. The van der Waals surface area contributed by atoms with Crippen molar-refractivity contribution in [1.82, 2.24) is 0 Å². The van der Waals surface area contributed by atoms with Crippen LogP contribution in [0.5, 0.6) is 0 Å². The average Bonchev–Trinajstić information content (AvgIpc) is 3.84. The lowest BCUT2D eigenvalue weighted by Gasteiger charge is -2.41. The predicted molar refractivity (Wildman–Crippen MR) is 211 cm³/mol. The Bertz CT molecular complexity index is 2410. The highest BCUT2D eigenvalue weighted by Gasteiger charge is 2.39. The van der Waals surface area contributed by atoms with E-state index in [9.17, 15) is 8.42 Å². The van der Waals surface area contributed by atoms with Gasteiger partial charge in [0.25, 0.3) is 0 Å². The third-order valence-electron chi connectivity index (χ3n) is 9.90. The molecule has 5 aromatic rings. The molecule has 2 aromatic heterocycles. The molecule has 0 saturated carbocycles. The molecule has 8 rings (SSSR count). The van der Waals surface area contributed by atoms with Gasteiger partial charge in [0.05, 0.1) is 32.5 Å². The molecule has 0 aliphatic carbocycles. The monoisotopic (exact) mass is 712 g/mol. The van der Waals surface area contributed by atoms with Crippen LogP contribution in [-0.4, -0.2) is 19.8 Å². The summed E-state index contributed by atoms with van der Waals surface area (Å²) in [5.41, 5.74) is 9.39. The molecule has 3 aromatic carbocycles. The lowest BCUT2D eigenvalue weighted by Crippen LogP contribution is -2.33. The van der Waals surface area contributed by atoms with Gasteiger partial charge < -0.3 is 9.80 Å². The smallest absolute Gasteiger partial charge is 0.301 e. The van der Waals surface area contributed by atoms with Crippen molar-refractivity contribution in [2.24, 2.45) is 8.80 Å². The minimum Gasteiger partial charge on any atom is -0.301 e. The molecule has 0 atom stereocenters. The summed E-state index contributed by atoms with van der Waals surface area (Å²) in [5.74, 6) is 0. The van der Waals surface area contributed by atoms with Gasteiger partial charge in [0.15, 0.2) is 0 Å². The Morgan fingerprint density at radius 3 is 1.56 bits per heavy atom. The molecule has 0 radical (unpaired) electrons. The molecule has 0 N–H and O–H groups in total. The molecule has 0 bridgehead atoms. The summed E-state index contributed by atoms with van der Waals surface area (Å²) in [6.07, 6.45) is 6.10. The van der Waals surface area contributed by atoms with Crippen LogP contribution in [0.2, 0.25) is 0 Å². The Kier molecular flexibility index (Phi) is 7.52. The minimum absolute atomic E-state index is 0.177. The molecule has 5 heterocycles. The molecule has 0 fully saturated rings. The second-order valence-corrected chi connectivity index (χ2v) is 17.0. The van der Waals surface area contributed by atoms with Gasteiger partial charge in [-0.15, -0.1) is 31.5 Å². The van der Waals surface area contributed by atoms with Crippen molar-refractivity contribution in [3.63, 3.8) is 0 Å². The Hall–Kier alpha value is -4.83. The number of hydrogen-bond donors (Lipinski definition) is 0. The molecule has 9 heteroatoms. The maximum absolute atomic E-state index is 13.1. The molecular weight excluding hydrogens is 677 g/mol. The molecular formula is C41H36N4O2S3. The first-order chi connectivity index (χ1) is 24.0. The molecule has 3 aliphatic rings. The number of fused-ring (bicyclic) bond motifs is 3. The van der Waals surface area contributed by atoms with Crippen LogP contribution in [0.3, 0.4) is 0 Å². The van der Waals surface area contributed by atoms with Crippen molar-refractivity contribution in [3.8, 4) is 0 Å². The fourth-order valence-electron chi connectivity index (χ4n) is 7.55. The Labute approximate surface area is 302 Å². The summed E-state index contributed by atoms with van der Waals surface area (Å²) in [7, 11) is -4.05. The molecule has 0 amide bonds. The average molecular weight is 713 g/mol. The number of allylic oxidation sites excluding steroid dienone is 4. The van der Waals surface area contributed by atoms with Gasteiger partial charge in [-0.2, -0.15) is 8.42 Å². The zero-order valence-electron chi connectivity index (χ0n) is 28.5. The number of anilines is 5. The third-order valence-corrected chi connectivity index (χ3v) is 12.9. The first-order valence-electron chi connectivity index (χ1n) is 16.5. The summed E-state index contributed by atoms with van der Waals surface area (Å²) in [4.78, 5) is 5.98. The van der Waals surface area contributed by atoms with Crippen LogP contribution in [0, 0.1) is 0 Å². The van der Waals surface area contributed by atoms with E-state index in [1.165, 1.54) is 39.4 Å². The summed E-state index contributed by atoms with van der Waals surface area (Å²) < 4.78 is 34.5. The van der Waals surface area contributed by atoms with Crippen molar-refractivity contribution in [2.75, 3.05) is 9.80 Å². The predicted octanol–water partition coefficient (Wildman–Crippen LogP) is 10.9. The maximum Gasteiger partial charge on any atom is 0.364 e. The van der Waals surface area contributed by atoms with Gasteiger partial charge in [-0.05, 0) is 77.7 Å². The molecule has 0 spiro atoms. The van der Waals surface area contributed by atoms with Gasteiger partial charge >= 0.3 is 10.2 Å². The maximum atomic E-state index is 13.1. The largest absolute Gasteiger partial charge is 0.364 e. The third kappa shape index (κ3) is 4.90. The van der Waals surface area contributed by atoms with Crippen molar-refractivity contribution in [1.29, 1.82) is 0 Å². The number of para-hydroxylation sites is 3. The Balaban J connectivity index is 1.21. The Morgan fingerprint density at radius 2 is 1.08 bits per heavy atom. The Morgan fingerprint density at radius 1 is 0.640 bits per heavy atom. The summed E-state index contributed by atoms with van der Waals surface area (Å²) in [5, 5.41) is 1.91. The normalized spacial score (nSPS) is 18.4. The van der Waals surface area contributed by atoms with E-state index >= 15 is 0 Å². The number of rotatable bonds is 6. The minimum atomic E-state index is -4.05. The number of thiophene rings is 2. The van der Waals surface area contributed by atoms with Crippen molar-refractivity contribution in [3.05, 3.63) is 160 Å². The van der Waals surface area contributed by atoms with E-state index in [1.807, 2.05) is 43.3 Å². The molecule has 0 unspecified atom stereocenters. The van der Waals surface area contributed by atoms with Crippen LogP contribution < -0.4 is 9.80 Å². The van der Waals surface area contributed by atoms with Crippen LogP contribution in [-0.2, 0) is 21.0 Å². The lowest BCUT2D eigenvalue weighted by molar-refractivity contribution is 0.601. The van der Waals surface area contributed by atoms with Gasteiger partial charge in [0.2, 0.25) is 0 Å². The SMILES string of the molecule is C=CC1=C(/C=C\C)N(c2ccc(C3=NS(=O)(=O)N=C3c3ccc(N4c5ccccc5C(C)(C)c5ccccc54)s3)s2)c2ccccc2C1(C)C. The molecule has 250 valence electrons. The summed E-state index contributed by atoms with van der Waals surface area (Å²) in [6, 6.07) is 33.4.